The third-order valence-electron chi connectivity index (χ3n) is 4.53. The molecule has 1 N–H and O–H groups in total. The van der Waals surface area contributed by atoms with Gasteiger partial charge in [-0.2, -0.15) is 0 Å². The Bertz CT molecular complexity index is 972. The highest BCUT2D eigenvalue weighted by atomic mass is 32.1. The van der Waals surface area contributed by atoms with Crippen LogP contribution in [0.25, 0.3) is 0 Å². The van der Waals surface area contributed by atoms with Crippen LogP contribution in [0.2, 0.25) is 0 Å². The predicted molar refractivity (Wildman–Crippen MR) is 106 cm³/mol. The Morgan fingerprint density at radius 1 is 1.18 bits per heavy atom. The van der Waals surface area contributed by atoms with Gasteiger partial charge < -0.3 is 10.2 Å². The van der Waals surface area contributed by atoms with E-state index in [-0.39, 0.29) is 28.6 Å². The molecule has 1 unspecified atom stereocenters. The summed E-state index contributed by atoms with van der Waals surface area (Å²) in [7, 11) is 0. The number of anilines is 1. The van der Waals surface area contributed by atoms with Crippen molar-refractivity contribution in [1.82, 2.24) is 15.1 Å². The zero-order chi connectivity index (χ0) is 19.5. The molecule has 0 bridgehead atoms. The van der Waals surface area contributed by atoms with E-state index in [4.69, 9.17) is 0 Å². The first-order chi connectivity index (χ1) is 13.6. The lowest BCUT2D eigenvalue weighted by Crippen LogP contribution is -2.38. The van der Waals surface area contributed by atoms with Crippen molar-refractivity contribution in [3.8, 4) is 0 Å². The molecule has 0 aliphatic carbocycles. The van der Waals surface area contributed by atoms with E-state index in [0.29, 0.717) is 12.2 Å². The molecule has 1 atom stereocenters. The van der Waals surface area contributed by atoms with Crippen molar-refractivity contribution in [2.75, 3.05) is 18.4 Å². The maximum Gasteiger partial charge on any atom is 0.286 e. The lowest BCUT2D eigenvalue weighted by molar-refractivity contribution is 0.0711. The molecule has 2 aromatic heterocycles. The zero-order valence-electron chi connectivity index (χ0n) is 14.8. The zero-order valence-corrected chi connectivity index (χ0v) is 16.4. The first kappa shape index (κ1) is 18.7. The summed E-state index contributed by atoms with van der Waals surface area (Å²) in [5.74, 6) is -0.631. The van der Waals surface area contributed by atoms with Crippen LogP contribution in [0, 0.1) is 5.82 Å². The normalized spacial score (nSPS) is 16.8. The van der Waals surface area contributed by atoms with Crippen LogP contribution in [-0.2, 0) is 0 Å². The first-order valence-electron chi connectivity index (χ1n) is 8.83. The van der Waals surface area contributed by atoms with Crippen LogP contribution in [0.1, 0.15) is 43.2 Å². The lowest BCUT2D eigenvalue weighted by Gasteiger charge is -2.31. The number of rotatable bonds is 4. The van der Waals surface area contributed by atoms with E-state index in [1.54, 1.807) is 0 Å². The SMILES string of the molecule is O=C(Nc1ccc(F)cc1)c1nnc(C2CCCN(C(=O)c3cccs3)C2)s1. The van der Waals surface area contributed by atoms with E-state index in [1.807, 2.05) is 22.4 Å². The second-order valence-electron chi connectivity index (χ2n) is 6.47. The van der Waals surface area contributed by atoms with Gasteiger partial charge >= 0.3 is 0 Å². The van der Waals surface area contributed by atoms with Crippen LogP contribution in [-0.4, -0.2) is 40.0 Å². The number of amides is 2. The number of hydrogen-bond acceptors (Lipinski definition) is 6. The third kappa shape index (κ3) is 4.10. The van der Waals surface area contributed by atoms with Crippen LogP contribution < -0.4 is 5.32 Å². The minimum atomic E-state index is -0.377. The molecule has 3 heterocycles. The number of nitrogens with zero attached hydrogens (tertiary/aromatic N) is 3. The number of aromatic nitrogens is 2. The van der Waals surface area contributed by atoms with Crippen LogP contribution in [0.5, 0.6) is 0 Å². The first-order valence-corrected chi connectivity index (χ1v) is 10.5. The highest BCUT2D eigenvalue weighted by molar-refractivity contribution is 7.13. The van der Waals surface area contributed by atoms with Gasteiger partial charge in [-0.15, -0.1) is 21.5 Å². The van der Waals surface area contributed by atoms with Crippen molar-refractivity contribution in [3.05, 3.63) is 62.5 Å². The second kappa shape index (κ2) is 8.15. The van der Waals surface area contributed by atoms with Gasteiger partial charge in [-0.3, -0.25) is 9.59 Å². The quantitative estimate of drug-likeness (QED) is 0.697. The molecule has 0 radical (unpaired) electrons. The molecule has 2 amide bonds. The second-order valence-corrected chi connectivity index (χ2v) is 8.43. The number of hydrogen-bond donors (Lipinski definition) is 1. The highest BCUT2D eigenvalue weighted by Crippen LogP contribution is 2.30. The van der Waals surface area contributed by atoms with Crippen molar-refractivity contribution < 1.29 is 14.0 Å². The minimum absolute atomic E-state index is 0.0403. The average Bonchev–Trinajstić information content (AvgIpc) is 3.41. The van der Waals surface area contributed by atoms with Gasteiger partial charge in [0.25, 0.3) is 11.8 Å². The van der Waals surface area contributed by atoms with Crippen molar-refractivity contribution in [2.24, 2.45) is 0 Å². The molecule has 1 fully saturated rings. The summed E-state index contributed by atoms with van der Waals surface area (Å²) < 4.78 is 13.0. The van der Waals surface area contributed by atoms with Crippen molar-refractivity contribution >= 4 is 40.2 Å². The Kier molecular flexibility index (Phi) is 5.45. The largest absolute Gasteiger partial charge is 0.337 e. The van der Waals surface area contributed by atoms with E-state index in [9.17, 15) is 14.0 Å². The summed E-state index contributed by atoms with van der Waals surface area (Å²) in [5, 5.41) is 13.8. The maximum atomic E-state index is 13.0. The molecule has 28 heavy (non-hydrogen) atoms. The Morgan fingerprint density at radius 2 is 2.00 bits per heavy atom. The van der Waals surface area contributed by atoms with Crippen molar-refractivity contribution in [2.45, 2.75) is 18.8 Å². The highest BCUT2D eigenvalue weighted by Gasteiger charge is 2.28. The van der Waals surface area contributed by atoms with Crippen LogP contribution >= 0.6 is 22.7 Å². The molecule has 4 rings (SSSR count). The van der Waals surface area contributed by atoms with Gasteiger partial charge in [0, 0.05) is 24.7 Å². The fourth-order valence-corrected chi connectivity index (χ4v) is 4.68. The molecule has 0 saturated carbocycles. The van der Waals surface area contributed by atoms with E-state index >= 15 is 0 Å². The van der Waals surface area contributed by atoms with E-state index in [0.717, 1.165) is 29.3 Å². The number of benzene rings is 1. The average molecular weight is 417 g/mol. The van der Waals surface area contributed by atoms with Crippen LogP contribution in [0.4, 0.5) is 10.1 Å². The van der Waals surface area contributed by atoms with Gasteiger partial charge in [0.2, 0.25) is 5.01 Å². The summed E-state index contributed by atoms with van der Waals surface area (Å²) in [6.07, 6.45) is 1.79. The van der Waals surface area contributed by atoms with Gasteiger partial charge in [0.1, 0.15) is 10.8 Å². The van der Waals surface area contributed by atoms with Gasteiger partial charge in [-0.25, -0.2) is 4.39 Å². The summed E-state index contributed by atoms with van der Waals surface area (Å²) in [5.41, 5.74) is 0.494. The van der Waals surface area contributed by atoms with E-state index < -0.39 is 0 Å². The molecular formula is C19H17FN4O2S2. The topological polar surface area (TPSA) is 75.2 Å². The predicted octanol–water partition coefficient (Wildman–Crippen LogP) is 4.01. The molecule has 1 aromatic carbocycles. The van der Waals surface area contributed by atoms with Crippen LogP contribution in [0.15, 0.2) is 41.8 Å². The van der Waals surface area contributed by atoms with Crippen molar-refractivity contribution in [3.63, 3.8) is 0 Å². The molecular weight excluding hydrogens is 399 g/mol. The van der Waals surface area contributed by atoms with E-state index in [2.05, 4.69) is 15.5 Å². The van der Waals surface area contributed by atoms with Gasteiger partial charge in [0.05, 0.1) is 4.88 Å². The number of piperidine rings is 1. The summed E-state index contributed by atoms with van der Waals surface area (Å²) in [4.78, 5) is 27.5. The molecule has 0 spiro atoms. The third-order valence-corrected chi connectivity index (χ3v) is 6.47. The molecule has 9 heteroatoms. The summed E-state index contributed by atoms with van der Waals surface area (Å²) in [6, 6.07) is 9.25. The fraction of sp³-hybridized carbons (Fsp3) is 0.263. The number of thiophene rings is 1. The molecule has 6 nitrogen and oxygen atoms in total. The number of likely N-dealkylation sites (tertiary alicyclic amines) is 1. The Balaban J connectivity index is 1.42. The maximum absolute atomic E-state index is 13.0. The monoisotopic (exact) mass is 416 g/mol. The standard InChI is InChI=1S/C19H17FN4O2S2/c20-13-5-7-14(8-6-13)21-16(25)18-23-22-17(28-18)12-3-1-9-24(11-12)19(26)15-4-2-10-27-15/h2,4-8,10,12H,1,3,9,11H2,(H,21,25). The summed E-state index contributed by atoms with van der Waals surface area (Å²) >= 11 is 2.68. The van der Waals surface area contributed by atoms with Gasteiger partial charge in [-0.05, 0) is 48.6 Å². The Morgan fingerprint density at radius 3 is 2.75 bits per heavy atom. The fourth-order valence-electron chi connectivity index (χ4n) is 3.13. The Labute approximate surface area is 169 Å². The van der Waals surface area contributed by atoms with E-state index in [1.165, 1.54) is 46.9 Å². The molecule has 1 saturated heterocycles. The van der Waals surface area contributed by atoms with Crippen molar-refractivity contribution in [1.29, 1.82) is 0 Å². The smallest absolute Gasteiger partial charge is 0.286 e. The van der Waals surface area contributed by atoms with Gasteiger partial charge in [-0.1, -0.05) is 17.4 Å². The van der Waals surface area contributed by atoms with Gasteiger partial charge in [0.15, 0.2) is 0 Å². The molecule has 3 aromatic rings. The molecule has 1 aliphatic heterocycles. The molecule has 1 aliphatic rings. The summed E-state index contributed by atoms with van der Waals surface area (Å²) in [6.45, 7) is 1.30. The molecule has 144 valence electrons. The lowest BCUT2D eigenvalue weighted by atomic mass is 9.98. The minimum Gasteiger partial charge on any atom is -0.337 e. The van der Waals surface area contributed by atoms with Crippen LogP contribution in [0.3, 0.4) is 0 Å². The number of carbonyl (C=O) groups excluding carboxylic acids is 2. The number of halogens is 1. The number of nitrogens with one attached hydrogen (secondary N) is 1. The Hall–Kier alpha value is -2.65. The number of carbonyl (C=O) groups is 2.